The number of nitro groups is 1. The van der Waals surface area contributed by atoms with Crippen molar-refractivity contribution in [3.05, 3.63) is 70.3 Å². The minimum absolute atomic E-state index is 0.0336. The molecule has 27 heavy (non-hydrogen) atoms. The summed E-state index contributed by atoms with van der Waals surface area (Å²) in [5, 5.41) is 19.0. The fourth-order valence-corrected chi connectivity index (χ4v) is 3.91. The molecule has 3 aromatic rings. The first kappa shape index (κ1) is 17.7. The van der Waals surface area contributed by atoms with Crippen LogP contribution in [0.5, 0.6) is 0 Å². The maximum Gasteiger partial charge on any atom is 0.269 e. The largest absolute Gasteiger partial charge is 0.335 e. The lowest BCUT2D eigenvalue weighted by Crippen LogP contribution is -2.23. The monoisotopic (exact) mass is 384 g/mol. The molecule has 1 aliphatic heterocycles. The number of ether oxygens (including phenoxy) is 2. The van der Waals surface area contributed by atoms with E-state index in [1.54, 1.807) is 12.1 Å². The molecule has 1 fully saturated rings. The van der Waals surface area contributed by atoms with Crippen LogP contribution in [0.2, 0.25) is 0 Å². The molecule has 0 unspecified atom stereocenters. The van der Waals surface area contributed by atoms with Gasteiger partial charge in [0, 0.05) is 30.3 Å². The number of hydrogen-bond donors (Lipinski definition) is 0. The van der Waals surface area contributed by atoms with Gasteiger partial charge in [-0.3, -0.25) is 10.1 Å². The summed E-state index contributed by atoms with van der Waals surface area (Å²) in [7, 11) is 1.84. The summed E-state index contributed by atoms with van der Waals surface area (Å²) in [6.45, 7) is 0.990. The summed E-state index contributed by atoms with van der Waals surface area (Å²) in [6, 6.07) is 15.9. The van der Waals surface area contributed by atoms with E-state index in [4.69, 9.17) is 9.47 Å². The lowest BCUT2D eigenvalue weighted by Gasteiger charge is -2.26. The van der Waals surface area contributed by atoms with E-state index in [9.17, 15) is 10.1 Å². The lowest BCUT2D eigenvalue weighted by atomic mass is 10.2. The molecule has 1 aliphatic rings. The summed E-state index contributed by atoms with van der Waals surface area (Å²) in [5.74, 6) is 0.605. The highest BCUT2D eigenvalue weighted by Crippen LogP contribution is 2.45. The topological polar surface area (TPSA) is 92.3 Å². The molecule has 0 aliphatic carbocycles. The molecule has 0 saturated carbocycles. The fraction of sp³-hybridized carbons (Fsp3) is 0.222. The molecule has 9 heteroatoms. The molecule has 2 aromatic carbocycles. The SMILES string of the molecule is Cn1c(SC2(c3ccccc3)OCCO2)nnc1-c1ccc([N+](=O)[O-])cc1. The number of non-ortho nitro benzene ring substituents is 1. The van der Waals surface area contributed by atoms with Crippen molar-refractivity contribution in [3.8, 4) is 11.4 Å². The number of rotatable bonds is 5. The zero-order chi connectivity index (χ0) is 18.9. The van der Waals surface area contributed by atoms with E-state index in [2.05, 4.69) is 10.2 Å². The lowest BCUT2D eigenvalue weighted by molar-refractivity contribution is -0.384. The van der Waals surface area contributed by atoms with Crippen molar-refractivity contribution in [2.24, 2.45) is 7.05 Å². The molecule has 0 atom stereocenters. The molecule has 1 aromatic heterocycles. The second kappa shape index (κ2) is 7.10. The van der Waals surface area contributed by atoms with Gasteiger partial charge in [0.25, 0.3) is 10.8 Å². The van der Waals surface area contributed by atoms with Crippen LogP contribution in [0.3, 0.4) is 0 Å². The molecule has 0 bridgehead atoms. The van der Waals surface area contributed by atoms with E-state index >= 15 is 0 Å². The standard InChI is InChI=1S/C18H16N4O4S/c1-21-16(13-7-9-15(10-8-13)22(23)24)19-20-17(21)27-18(25-11-12-26-18)14-5-3-2-4-6-14/h2-10H,11-12H2,1H3. The van der Waals surface area contributed by atoms with Crippen molar-refractivity contribution in [2.75, 3.05) is 13.2 Å². The maximum atomic E-state index is 10.8. The van der Waals surface area contributed by atoms with E-state index < -0.39 is 10.0 Å². The molecular formula is C18H16N4O4S. The third kappa shape index (κ3) is 3.32. The minimum atomic E-state index is -0.963. The molecule has 1 saturated heterocycles. The summed E-state index contributed by atoms with van der Waals surface area (Å²) < 4.78 is 13.7. The van der Waals surface area contributed by atoms with Gasteiger partial charge in [-0.15, -0.1) is 10.2 Å². The van der Waals surface area contributed by atoms with Gasteiger partial charge in [0.05, 0.1) is 18.1 Å². The van der Waals surface area contributed by atoms with Crippen molar-refractivity contribution in [1.29, 1.82) is 0 Å². The first-order chi connectivity index (χ1) is 13.1. The molecule has 0 spiro atoms. The number of benzene rings is 2. The van der Waals surface area contributed by atoms with Gasteiger partial charge >= 0.3 is 0 Å². The van der Waals surface area contributed by atoms with Crippen LogP contribution in [0.25, 0.3) is 11.4 Å². The Kier molecular flexibility index (Phi) is 4.65. The summed E-state index contributed by atoms with van der Waals surface area (Å²) >= 11 is 1.34. The Morgan fingerprint density at radius 1 is 1.07 bits per heavy atom. The van der Waals surface area contributed by atoms with Gasteiger partial charge in [-0.1, -0.05) is 30.3 Å². The molecule has 2 heterocycles. The van der Waals surface area contributed by atoms with Gasteiger partial charge in [0.15, 0.2) is 11.0 Å². The number of aromatic nitrogens is 3. The molecular weight excluding hydrogens is 368 g/mol. The number of hydrogen-bond acceptors (Lipinski definition) is 7. The van der Waals surface area contributed by atoms with Gasteiger partial charge in [0.2, 0.25) is 0 Å². The smallest absolute Gasteiger partial charge is 0.269 e. The third-order valence-corrected chi connectivity index (χ3v) is 5.47. The average molecular weight is 384 g/mol. The summed E-state index contributed by atoms with van der Waals surface area (Å²) in [4.78, 5) is 10.4. The molecule has 4 rings (SSSR count). The average Bonchev–Trinajstić information content (AvgIpc) is 3.31. The van der Waals surface area contributed by atoms with E-state index in [0.29, 0.717) is 24.2 Å². The predicted molar refractivity (Wildman–Crippen MR) is 99.0 cm³/mol. The van der Waals surface area contributed by atoms with Crippen molar-refractivity contribution >= 4 is 17.4 Å². The van der Waals surface area contributed by atoms with Crippen LogP contribution >= 0.6 is 11.8 Å². The van der Waals surface area contributed by atoms with Crippen LogP contribution < -0.4 is 0 Å². The molecule has 8 nitrogen and oxygen atoms in total. The minimum Gasteiger partial charge on any atom is -0.335 e. The van der Waals surface area contributed by atoms with Gasteiger partial charge in [-0.2, -0.15) is 0 Å². The first-order valence-electron chi connectivity index (χ1n) is 8.26. The Morgan fingerprint density at radius 3 is 2.37 bits per heavy atom. The number of thioether (sulfide) groups is 1. The van der Waals surface area contributed by atoms with E-state index in [0.717, 1.165) is 11.1 Å². The Bertz CT molecular complexity index is 953. The Balaban J connectivity index is 1.65. The van der Waals surface area contributed by atoms with Crippen LogP contribution in [0.4, 0.5) is 5.69 Å². The van der Waals surface area contributed by atoms with Gasteiger partial charge in [-0.05, 0) is 23.9 Å². The zero-order valence-corrected chi connectivity index (χ0v) is 15.3. The number of nitrogens with zero attached hydrogens (tertiary/aromatic N) is 4. The molecule has 0 N–H and O–H groups in total. The second-order valence-electron chi connectivity index (χ2n) is 5.89. The quantitative estimate of drug-likeness (QED) is 0.492. The van der Waals surface area contributed by atoms with Crippen LogP contribution in [0.1, 0.15) is 5.56 Å². The normalized spacial score (nSPS) is 15.7. The van der Waals surface area contributed by atoms with Crippen LogP contribution in [-0.2, 0) is 21.6 Å². The molecule has 138 valence electrons. The van der Waals surface area contributed by atoms with Crippen molar-refractivity contribution in [3.63, 3.8) is 0 Å². The fourth-order valence-electron chi connectivity index (χ4n) is 2.83. The Morgan fingerprint density at radius 2 is 1.74 bits per heavy atom. The first-order valence-corrected chi connectivity index (χ1v) is 9.07. The second-order valence-corrected chi connectivity index (χ2v) is 7.00. The van der Waals surface area contributed by atoms with Crippen LogP contribution in [0.15, 0.2) is 59.8 Å². The van der Waals surface area contributed by atoms with Crippen LogP contribution in [0, 0.1) is 10.1 Å². The molecule has 0 radical (unpaired) electrons. The van der Waals surface area contributed by atoms with E-state index in [1.165, 1.54) is 23.9 Å². The highest BCUT2D eigenvalue weighted by atomic mass is 32.2. The van der Waals surface area contributed by atoms with Gasteiger partial charge in [-0.25, -0.2) is 0 Å². The maximum absolute atomic E-state index is 10.8. The van der Waals surface area contributed by atoms with Crippen LogP contribution in [-0.4, -0.2) is 32.9 Å². The number of nitro benzene ring substituents is 1. The Hall–Kier alpha value is -2.75. The third-order valence-electron chi connectivity index (χ3n) is 4.19. The van der Waals surface area contributed by atoms with Crippen molar-refractivity contribution in [1.82, 2.24) is 14.8 Å². The highest BCUT2D eigenvalue weighted by molar-refractivity contribution is 7.99. The Labute approximate surface area is 159 Å². The highest BCUT2D eigenvalue weighted by Gasteiger charge is 2.41. The van der Waals surface area contributed by atoms with Gasteiger partial charge in [0.1, 0.15) is 0 Å². The van der Waals surface area contributed by atoms with E-state index in [-0.39, 0.29) is 5.69 Å². The zero-order valence-electron chi connectivity index (χ0n) is 14.4. The summed E-state index contributed by atoms with van der Waals surface area (Å²) in [5.41, 5.74) is 1.67. The predicted octanol–water partition coefficient (Wildman–Crippen LogP) is 3.34. The van der Waals surface area contributed by atoms with Crippen molar-refractivity contribution in [2.45, 2.75) is 10.3 Å². The molecule has 0 amide bonds. The van der Waals surface area contributed by atoms with Crippen molar-refractivity contribution < 1.29 is 14.4 Å². The van der Waals surface area contributed by atoms with E-state index in [1.807, 2.05) is 41.9 Å². The summed E-state index contributed by atoms with van der Waals surface area (Å²) in [6.07, 6.45) is 0. The van der Waals surface area contributed by atoms with Gasteiger partial charge < -0.3 is 14.0 Å².